The molecule has 4 rings (SSSR count). The van der Waals surface area contributed by atoms with E-state index >= 15 is 0 Å². The van der Waals surface area contributed by atoms with Gasteiger partial charge in [-0.05, 0) is 91.8 Å². The van der Waals surface area contributed by atoms with Crippen LogP contribution in [-0.2, 0) is 4.79 Å². The normalized spacial score (nSPS) is 55.2. The molecule has 0 amide bonds. The van der Waals surface area contributed by atoms with Gasteiger partial charge in [0, 0.05) is 12.3 Å². The van der Waals surface area contributed by atoms with Gasteiger partial charge in [-0.2, -0.15) is 0 Å². The molecule has 0 aromatic rings. The Morgan fingerprint density at radius 1 is 1.04 bits per heavy atom. The van der Waals surface area contributed by atoms with Crippen LogP contribution >= 0.6 is 0 Å². The van der Waals surface area contributed by atoms with Crippen molar-refractivity contribution in [2.45, 2.75) is 91.6 Å². The average Bonchev–Trinajstić information content (AvgIpc) is 2.93. The van der Waals surface area contributed by atoms with E-state index in [0.29, 0.717) is 29.5 Å². The van der Waals surface area contributed by atoms with E-state index in [1.807, 2.05) is 6.92 Å². The van der Waals surface area contributed by atoms with Crippen LogP contribution in [0.4, 0.5) is 0 Å². The highest BCUT2D eigenvalue weighted by Gasteiger charge is 2.61. The first kappa shape index (κ1) is 18.0. The summed E-state index contributed by atoms with van der Waals surface area (Å²) in [6.07, 6.45) is 10.5. The van der Waals surface area contributed by atoms with Gasteiger partial charge in [0.25, 0.3) is 0 Å². The Kier molecular flexibility index (Phi) is 4.38. The Morgan fingerprint density at radius 2 is 1.76 bits per heavy atom. The summed E-state index contributed by atoms with van der Waals surface area (Å²) < 4.78 is 0. The number of ketones is 1. The number of aliphatic hydroxyl groups is 1. The number of aliphatic hydroxyl groups excluding tert-OH is 1. The van der Waals surface area contributed by atoms with Crippen LogP contribution in [0.3, 0.4) is 0 Å². The summed E-state index contributed by atoms with van der Waals surface area (Å²) in [7, 11) is 0. The van der Waals surface area contributed by atoms with Crippen LogP contribution in [0, 0.1) is 46.3 Å². The van der Waals surface area contributed by atoms with Crippen molar-refractivity contribution in [1.29, 1.82) is 0 Å². The van der Waals surface area contributed by atoms with E-state index < -0.39 is 0 Å². The fourth-order valence-corrected chi connectivity index (χ4v) is 8.27. The van der Waals surface area contributed by atoms with Gasteiger partial charge in [0.05, 0.1) is 6.10 Å². The molecule has 4 aliphatic rings. The number of rotatable bonds is 2. The highest BCUT2D eigenvalue weighted by atomic mass is 16.3. The Morgan fingerprint density at radius 3 is 2.48 bits per heavy atom. The van der Waals surface area contributed by atoms with E-state index in [1.54, 1.807) is 0 Å². The lowest BCUT2D eigenvalue weighted by atomic mass is 9.44. The number of carbonyl (C=O) groups is 1. The number of hydrogen-bond donors (Lipinski definition) is 1. The zero-order valence-electron chi connectivity index (χ0n) is 16.8. The molecule has 142 valence electrons. The predicted octanol–water partition coefficient (Wildman–Crippen LogP) is 5.23. The molecule has 0 bridgehead atoms. The SMILES string of the molecule is CCC(=O)[C@H]1CC[C@H]2[C@@H]3CC[C@H]4C[C@H](C)[C@@H](O)C[C@]4(C)[C@H]3CC[C@]12C. The second kappa shape index (κ2) is 6.08. The fourth-order valence-electron chi connectivity index (χ4n) is 8.27. The summed E-state index contributed by atoms with van der Waals surface area (Å²) in [6.45, 7) is 9.24. The van der Waals surface area contributed by atoms with Crippen LogP contribution in [0.5, 0.6) is 0 Å². The standard InChI is InChI=1S/C23H38O2/c1-5-20(24)19-9-8-17-16-7-6-15-12-14(2)21(25)13-23(15,4)18(16)10-11-22(17,19)3/h14-19,21,25H,5-13H2,1-4H3/t14-,15-,16-,17-,18-,19+,21-,22-,23-/m0/s1. The molecule has 2 heteroatoms. The molecule has 0 spiro atoms. The zero-order chi connectivity index (χ0) is 18.0. The summed E-state index contributed by atoms with van der Waals surface area (Å²) in [5.41, 5.74) is 0.598. The minimum atomic E-state index is -0.105. The van der Waals surface area contributed by atoms with Gasteiger partial charge in [-0.3, -0.25) is 4.79 Å². The number of fused-ring (bicyclic) bond motifs is 5. The van der Waals surface area contributed by atoms with Crippen molar-refractivity contribution in [3.8, 4) is 0 Å². The molecule has 0 aliphatic heterocycles. The van der Waals surface area contributed by atoms with Crippen molar-refractivity contribution in [1.82, 2.24) is 0 Å². The van der Waals surface area contributed by atoms with E-state index in [4.69, 9.17) is 0 Å². The number of Topliss-reactive ketones (excluding diaryl/α,β-unsaturated/α-hetero) is 1. The molecule has 4 saturated carbocycles. The van der Waals surface area contributed by atoms with Crippen LogP contribution in [-0.4, -0.2) is 17.0 Å². The van der Waals surface area contributed by atoms with Gasteiger partial charge in [-0.1, -0.05) is 27.7 Å². The predicted molar refractivity (Wildman–Crippen MR) is 101 cm³/mol. The van der Waals surface area contributed by atoms with Crippen molar-refractivity contribution in [3.05, 3.63) is 0 Å². The molecular formula is C23H38O2. The van der Waals surface area contributed by atoms with Crippen molar-refractivity contribution < 1.29 is 9.90 Å². The molecule has 2 nitrogen and oxygen atoms in total. The fraction of sp³-hybridized carbons (Fsp3) is 0.957. The highest BCUT2D eigenvalue weighted by molar-refractivity contribution is 5.81. The van der Waals surface area contributed by atoms with Gasteiger partial charge in [0.1, 0.15) is 5.78 Å². The van der Waals surface area contributed by atoms with Crippen molar-refractivity contribution in [2.24, 2.45) is 46.3 Å². The Hall–Kier alpha value is -0.370. The molecule has 0 heterocycles. The van der Waals surface area contributed by atoms with Crippen molar-refractivity contribution in [2.75, 3.05) is 0 Å². The van der Waals surface area contributed by atoms with Gasteiger partial charge in [0.2, 0.25) is 0 Å². The van der Waals surface area contributed by atoms with Crippen LogP contribution in [0.15, 0.2) is 0 Å². The summed E-state index contributed by atoms with van der Waals surface area (Å²) in [5.74, 6) is 4.46. The molecule has 25 heavy (non-hydrogen) atoms. The number of hydrogen-bond acceptors (Lipinski definition) is 2. The van der Waals surface area contributed by atoms with E-state index in [-0.39, 0.29) is 11.5 Å². The maximum Gasteiger partial charge on any atom is 0.136 e. The third-order valence-corrected chi connectivity index (χ3v) is 9.76. The average molecular weight is 347 g/mol. The van der Waals surface area contributed by atoms with Crippen LogP contribution < -0.4 is 0 Å². The summed E-state index contributed by atoms with van der Waals surface area (Å²) in [5, 5.41) is 10.6. The molecule has 9 atom stereocenters. The quantitative estimate of drug-likeness (QED) is 0.743. The smallest absolute Gasteiger partial charge is 0.136 e. The second-order valence-corrected chi connectivity index (χ2v) is 10.6. The van der Waals surface area contributed by atoms with Crippen molar-refractivity contribution in [3.63, 3.8) is 0 Å². The Balaban J connectivity index is 1.61. The summed E-state index contributed by atoms with van der Waals surface area (Å²) >= 11 is 0. The lowest BCUT2D eigenvalue weighted by Gasteiger charge is -2.61. The van der Waals surface area contributed by atoms with E-state index in [0.717, 1.165) is 36.5 Å². The van der Waals surface area contributed by atoms with Gasteiger partial charge < -0.3 is 5.11 Å². The molecule has 0 radical (unpaired) electrons. The Bertz CT molecular complexity index is 542. The molecular weight excluding hydrogens is 308 g/mol. The van der Waals surface area contributed by atoms with Crippen molar-refractivity contribution >= 4 is 5.78 Å². The minimum absolute atomic E-state index is 0.105. The Labute approximate surface area is 154 Å². The van der Waals surface area contributed by atoms with Gasteiger partial charge in [-0.25, -0.2) is 0 Å². The first-order valence-electron chi connectivity index (χ1n) is 11.0. The monoisotopic (exact) mass is 346 g/mol. The first-order chi connectivity index (χ1) is 11.8. The lowest BCUT2D eigenvalue weighted by molar-refractivity contribution is -0.147. The number of carbonyl (C=O) groups excluding carboxylic acids is 1. The highest BCUT2D eigenvalue weighted by Crippen LogP contribution is 2.67. The van der Waals surface area contributed by atoms with E-state index in [9.17, 15) is 9.90 Å². The van der Waals surface area contributed by atoms with Gasteiger partial charge in [0.15, 0.2) is 0 Å². The molecule has 0 saturated heterocycles. The molecule has 0 aromatic carbocycles. The first-order valence-corrected chi connectivity index (χ1v) is 11.0. The molecule has 0 unspecified atom stereocenters. The third-order valence-electron chi connectivity index (χ3n) is 9.76. The van der Waals surface area contributed by atoms with E-state index in [2.05, 4.69) is 20.8 Å². The van der Waals surface area contributed by atoms with Gasteiger partial charge in [-0.15, -0.1) is 0 Å². The second-order valence-electron chi connectivity index (χ2n) is 10.6. The van der Waals surface area contributed by atoms with Crippen LogP contribution in [0.1, 0.15) is 85.5 Å². The third kappa shape index (κ3) is 2.49. The molecule has 4 fully saturated rings. The molecule has 1 N–H and O–H groups in total. The van der Waals surface area contributed by atoms with Gasteiger partial charge >= 0.3 is 0 Å². The largest absolute Gasteiger partial charge is 0.393 e. The van der Waals surface area contributed by atoms with Crippen LogP contribution in [0.2, 0.25) is 0 Å². The lowest BCUT2D eigenvalue weighted by Crippen LogP contribution is -2.55. The maximum absolute atomic E-state index is 12.6. The maximum atomic E-state index is 12.6. The minimum Gasteiger partial charge on any atom is -0.393 e. The van der Waals surface area contributed by atoms with E-state index in [1.165, 1.54) is 38.5 Å². The summed E-state index contributed by atoms with van der Waals surface area (Å²) in [4.78, 5) is 12.6. The topological polar surface area (TPSA) is 37.3 Å². The van der Waals surface area contributed by atoms with Crippen LogP contribution in [0.25, 0.3) is 0 Å². The molecule has 0 aromatic heterocycles. The summed E-state index contributed by atoms with van der Waals surface area (Å²) in [6, 6.07) is 0. The molecule has 4 aliphatic carbocycles. The zero-order valence-corrected chi connectivity index (χ0v) is 16.8.